The topological polar surface area (TPSA) is 88.2 Å². The average Bonchev–Trinajstić information content (AvgIpc) is 2.78. The standard InChI is InChI=1S/C10H17N3O3S2/c1-3-4-9-13-8(7-17-9)10(14)12-5-6-18(15,16)11-2/h7,11H,3-6H2,1-2H3,(H,12,14). The summed E-state index contributed by atoms with van der Waals surface area (Å²) >= 11 is 1.44. The van der Waals surface area contributed by atoms with Gasteiger partial charge in [-0.25, -0.2) is 18.1 Å². The molecule has 102 valence electrons. The summed E-state index contributed by atoms with van der Waals surface area (Å²) in [7, 11) is -1.94. The minimum absolute atomic E-state index is 0.0721. The van der Waals surface area contributed by atoms with E-state index in [9.17, 15) is 13.2 Å². The lowest BCUT2D eigenvalue weighted by atomic mass is 10.3. The molecule has 1 heterocycles. The molecule has 6 nitrogen and oxygen atoms in total. The molecule has 0 aliphatic carbocycles. The molecule has 1 rings (SSSR count). The number of rotatable bonds is 7. The van der Waals surface area contributed by atoms with Crippen molar-refractivity contribution < 1.29 is 13.2 Å². The molecule has 0 aliphatic rings. The number of hydrogen-bond acceptors (Lipinski definition) is 5. The van der Waals surface area contributed by atoms with Gasteiger partial charge in [0.2, 0.25) is 10.0 Å². The Kier molecular flexibility index (Phi) is 5.70. The maximum Gasteiger partial charge on any atom is 0.270 e. The lowest BCUT2D eigenvalue weighted by Gasteiger charge is -2.03. The molecular weight excluding hydrogens is 274 g/mol. The maximum atomic E-state index is 11.7. The molecule has 0 saturated carbocycles. The van der Waals surface area contributed by atoms with E-state index >= 15 is 0 Å². The molecule has 0 unspecified atom stereocenters. The van der Waals surface area contributed by atoms with E-state index in [1.165, 1.54) is 18.4 Å². The van der Waals surface area contributed by atoms with Crippen molar-refractivity contribution in [2.45, 2.75) is 19.8 Å². The molecule has 0 aromatic carbocycles. The summed E-state index contributed by atoms with van der Waals surface area (Å²) in [5.41, 5.74) is 0.352. The second-order valence-electron chi connectivity index (χ2n) is 3.66. The third-order valence-electron chi connectivity index (χ3n) is 2.22. The number of sulfonamides is 1. The zero-order valence-corrected chi connectivity index (χ0v) is 12.0. The average molecular weight is 291 g/mol. The molecule has 0 bridgehead atoms. The van der Waals surface area contributed by atoms with Gasteiger partial charge in [0.15, 0.2) is 0 Å². The first-order valence-corrected chi connectivity index (χ1v) is 8.15. The van der Waals surface area contributed by atoms with Gasteiger partial charge in [-0.05, 0) is 19.9 Å². The fourth-order valence-electron chi connectivity index (χ4n) is 1.24. The Morgan fingerprint density at radius 2 is 2.22 bits per heavy atom. The van der Waals surface area contributed by atoms with Gasteiger partial charge in [0.05, 0.1) is 10.8 Å². The molecule has 1 aromatic rings. The van der Waals surface area contributed by atoms with E-state index in [1.54, 1.807) is 5.38 Å². The zero-order chi connectivity index (χ0) is 13.6. The summed E-state index contributed by atoms with van der Waals surface area (Å²) < 4.78 is 24.4. The first-order chi connectivity index (χ1) is 8.48. The van der Waals surface area contributed by atoms with Crippen LogP contribution < -0.4 is 10.0 Å². The van der Waals surface area contributed by atoms with Crippen LogP contribution in [0.5, 0.6) is 0 Å². The predicted octanol–water partition coefficient (Wildman–Crippen LogP) is 0.375. The van der Waals surface area contributed by atoms with Crippen molar-refractivity contribution in [2.24, 2.45) is 0 Å². The van der Waals surface area contributed by atoms with Crippen LogP contribution in [0.2, 0.25) is 0 Å². The Labute approximate surface area is 111 Å². The Bertz CT molecular complexity index is 496. The summed E-state index contributed by atoms with van der Waals surface area (Å²) in [5.74, 6) is -0.471. The molecule has 18 heavy (non-hydrogen) atoms. The summed E-state index contributed by atoms with van der Waals surface area (Å²) in [6.45, 7) is 2.12. The van der Waals surface area contributed by atoms with Gasteiger partial charge >= 0.3 is 0 Å². The first kappa shape index (κ1) is 15.1. The lowest BCUT2D eigenvalue weighted by molar-refractivity contribution is 0.0951. The Morgan fingerprint density at radius 3 is 2.83 bits per heavy atom. The number of carbonyl (C=O) groups excluding carboxylic acids is 1. The fourth-order valence-corrected chi connectivity index (χ4v) is 2.69. The van der Waals surface area contributed by atoms with Crippen molar-refractivity contribution in [3.63, 3.8) is 0 Å². The van der Waals surface area contributed by atoms with Gasteiger partial charge in [-0.15, -0.1) is 11.3 Å². The van der Waals surface area contributed by atoms with Gasteiger partial charge < -0.3 is 5.32 Å². The number of aromatic nitrogens is 1. The SMILES string of the molecule is CCCc1nc(C(=O)NCCS(=O)(=O)NC)cs1. The molecule has 0 saturated heterocycles. The highest BCUT2D eigenvalue weighted by atomic mass is 32.2. The third kappa shape index (κ3) is 4.71. The van der Waals surface area contributed by atoms with Gasteiger partial charge in [0.25, 0.3) is 5.91 Å². The van der Waals surface area contributed by atoms with Gasteiger partial charge in [-0.3, -0.25) is 4.79 Å². The van der Waals surface area contributed by atoms with E-state index in [1.807, 2.05) is 6.92 Å². The zero-order valence-electron chi connectivity index (χ0n) is 10.4. The van der Waals surface area contributed by atoms with E-state index < -0.39 is 10.0 Å². The summed E-state index contributed by atoms with van der Waals surface area (Å²) in [6.07, 6.45) is 1.83. The van der Waals surface area contributed by atoms with Crippen LogP contribution in [-0.2, 0) is 16.4 Å². The van der Waals surface area contributed by atoms with Crippen LogP contribution in [0.1, 0.15) is 28.8 Å². The molecular formula is C10H17N3O3S2. The van der Waals surface area contributed by atoms with E-state index in [0.29, 0.717) is 5.69 Å². The second-order valence-corrected chi connectivity index (χ2v) is 6.64. The summed E-state index contributed by atoms with van der Waals surface area (Å²) in [6, 6.07) is 0. The normalized spacial score (nSPS) is 11.4. The predicted molar refractivity (Wildman–Crippen MR) is 71.3 cm³/mol. The van der Waals surface area contributed by atoms with E-state index in [0.717, 1.165) is 17.8 Å². The van der Waals surface area contributed by atoms with Crippen LogP contribution in [0.3, 0.4) is 0 Å². The molecule has 0 spiro atoms. The molecule has 0 aliphatic heterocycles. The molecule has 8 heteroatoms. The molecule has 0 radical (unpaired) electrons. The highest BCUT2D eigenvalue weighted by Crippen LogP contribution is 2.11. The highest BCUT2D eigenvalue weighted by Gasteiger charge is 2.12. The van der Waals surface area contributed by atoms with Crippen LogP contribution in [0.25, 0.3) is 0 Å². The first-order valence-electron chi connectivity index (χ1n) is 5.62. The Morgan fingerprint density at radius 1 is 1.50 bits per heavy atom. The molecule has 0 atom stereocenters. The monoisotopic (exact) mass is 291 g/mol. The van der Waals surface area contributed by atoms with Crippen LogP contribution in [0, 0.1) is 0 Å². The van der Waals surface area contributed by atoms with Crippen LogP contribution in [0.15, 0.2) is 5.38 Å². The van der Waals surface area contributed by atoms with Gasteiger partial charge in [-0.2, -0.15) is 0 Å². The molecule has 2 N–H and O–H groups in total. The van der Waals surface area contributed by atoms with Crippen molar-refractivity contribution in [1.29, 1.82) is 0 Å². The van der Waals surface area contributed by atoms with Crippen LogP contribution in [-0.4, -0.2) is 38.7 Å². The fraction of sp³-hybridized carbons (Fsp3) is 0.600. The second kappa shape index (κ2) is 6.81. The van der Waals surface area contributed by atoms with Crippen molar-refractivity contribution >= 4 is 27.3 Å². The van der Waals surface area contributed by atoms with E-state index in [4.69, 9.17) is 0 Å². The summed E-state index contributed by atoms with van der Waals surface area (Å²) in [4.78, 5) is 15.8. The Hall–Kier alpha value is -0.990. The number of aryl methyl sites for hydroxylation is 1. The van der Waals surface area contributed by atoms with Crippen LogP contribution in [0.4, 0.5) is 0 Å². The summed E-state index contributed by atoms with van der Waals surface area (Å²) in [5, 5.41) is 5.14. The van der Waals surface area contributed by atoms with Crippen molar-refractivity contribution in [1.82, 2.24) is 15.0 Å². The number of thiazole rings is 1. The largest absolute Gasteiger partial charge is 0.350 e. The number of hydrogen-bond donors (Lipinski definition) is 2. The quantitative estimate of drug-likeness (QED) is 0.760. The van der Waals surface area contributed by atoms with Gasteiger partial charge in [-0.1, -0.05) is 6.92 Å². The van der Waals surface area contributed by atoms with Crippen molar-refractivity contribution in [2.75, 3.05) is 19.3 Å². The number of amides is 1. The van der Waals surface area contributed by atoms with Gasteiger partial charge in [0.1, 0.15) is 5.69 Å². The smallest absolute Gasteiger partial charge is 0.270 e. The molecule has 1 amide bonds. The number of nitrogens with zero attached hydrogens (tertiary/aromatic N) is 1. The molecule has 0 fully saturated rings. The Balaban J connectivity index is 2.45. The maximum absolute atomic E-state index is 11.7. The van der Waals surface area contributed by atoms with Crippen molar-refractivity contribution in [3.8, 4) is 0 Å². The van der Waals surface area contributed by atoms with E-state index in [2.05, 4.69) is 15.0 Å². The van der Waals surface area contributed by atoms with E-state index in [-0.39, 0.29) is 18.2 Å². The highest BCUT2D eigenvalue weighted by molar-refractivity contribution is 7.89. The molecule has 1 aromatic heterocycles. The number of carbonyl (C=O) groups is 1. The van der Waals surface area contributed by atoms with Crippen LogP contribution >= 0.6 is 11.3 Å². The van der Waals surface area contributed by atoms with Crippen molar-refractivity contribution in [3.05, 3.63) is 16.1 Å². The third-order valence-corrected chi connectivity index (χ3v) is 4.49. The minimum atomic E-state index is -3.28. The minimum Gasteiger partial charge on any atom is -0.350 e. The van der Waals surface area contributed by atoms with Gasteiger partial charge in [0, 0.05) is 11.9 Å². The lowest BCUT2D eigenvalue weighted by Crippen LogP contribution is -2.33. The number of nitrogens with one attached hydrogen (secondary N) is 2.